The van der Waals surface area contributed by atoms with Crippen LogP contribution in [0.25, 0.3) is 0 Å². The first-order valence-electron chi connectivity index (χ1n) is 8.08. The SMILES string of the molecule is CC1CCCNC1C(=O)N1CCN(c2ccccc2)CC1. The molecule has 4 nitrogen and oxygen atoms in total. The van der Waals surface area contributed by atoms with Crippen LogP contribution < -0.4 is 10.2 Å². The molecule has 0 bridgehead atoms. The minimum Gasteiger partial charge on any atom is -0.368 e. The molecule has 3 rings (SSSR count). The van der Waals surface area contributed by atoms with E-state index in [-0.39, 0.29) is 6.04 Å². The lowest BCUT2D eigenvalue weighted by Crippen LogP contribution is -2.57. The van der Waals surface area contributed by atoms with Crippen LogP contribution in [0.1, 0.15) is 19.8 Å². The van der Waals surface area contributed by atoms with E-state index in [0.717, 1.165) is 39.1 Å². The van der Waals surface area contributed by atoms with Crippen LogP contribution in [0, 0.1) is 5.92 Å². The Morgan fingerprint density at radius 3 is 2.52 bits per heavy atom. The molecule has 4 heteroatoms. The van der Waals surface area contributed by atoms with Crippen molar-refractivity contribution in [3.8, 4) is 0 Å². The number of nitrogens with zero attached hydrogens (tertiary/aromatic N) is 2. The highest BCUT2D eigenvalue weighted by Crippen LogP contribution is 2.20. The molecule has 2 fully saturated rings. The lowest BCUT2D eigenvalue weighted by atomic mass is 9.91. The van der Waals surface area contributed by atoms with Gasteiger partial charge in [-0.25, -0.2) is 0 Å². The van der Waals surface area contributed by atoms with Crippen LogP contribution in [0.3, 0.4) is 0 Å². The number of piperazine rings is 1. The van der Waals surface area contributed by atoms with Crippen molar-refractivity contribution in [3.63, 3.8) is 0 Å². The van der Waals surface area contributed by atoms with E-state index in [1.807, 2.05) is 11.0 Å². The van der Waals surface area contributed by atoms with E-state index in [2.05, 4.69) is 41.4 Å². The van der Waals surface area contributed by atoms with Gasteiger partial charge in [0.25, 0.3) is 0 Å². The van der Waals surface area contributed by atoms with Gasteiger partial charge in [0.2, 0.25) is 5.91 Å². The van der Waals surface area contributed by atoms with Crippen LogP contribution in [0.2, 0.25) is 0 Å². The Kier molecular flexibility index (Phi) is 4.44. The van der Waals surface area contributed by atoms with E-state index in [0.29, 0.717) is 11.8 Å². The van der Waals surface area contributed by atoms with Gasteiger partial charge in [0.15, 0.2) is 0 Å². The molecule has 114 valence electrons. The summed E-state index contributed by atoms with van der Waals surface area (Å²) in [7, 11) is 0. The number of piperidine rings is 1. The van der Waals surface area contributed by atoms with Crippen LogP contribution in [0.4, 0.5) is 5.69 Å². The number of nitrogens with one attached hydrogen (secondary N) is 1. The van der Waals surface area contributed by atoms with Gasteiger partial charge in [0, 0.05) is 31.9 Å². The molecule has 2 aliphatic rings. The summed E-state index contributed by atoms with van der Waals surface area (Å²) in [5.41, 5.74) is 1.26. The highest BCUT2D eigenvalue weighted by atomic mass is 16.2. The first-order chi connectivity index (χ1) is 10.3. The second kappa shape index (κ2) is 6.48. The number of carbonyl (C=O) groups is 1. The molecule has 0 spiro atoms. The molecule has 1 N–H and O–H groups in total. The number of benzene rings is 1. The molecule has 2 heterocycles. The van der Waals surface area contributed by atoms with E-state index in [1.165, 1.54) is 12.1 Å². The second-order valence-electron chi connectivity index (χ2n) is 6.20. The molecule has 2 aliphatic heterocycles. The third-order valence-electron chi connectivity index (χ3n) is 4.75. The molecular formula is C17H25N3O. The van der Waals surface area contributed by atoms with Crippen molar-refractivity contribution in [2.75, 3.05) is 37.6 Å². The maximum absolute atomic E-state index is 12.7. The van der Waals surface area contributed by atoms with Gasteiger partial charge in [-0.1, -0.05) is 25.1 Å². The summed E-state index contributed by atoms with van der Waals surface area (Å²) < 4.78 is 0. The molecule has 2 unspecified atom stereocenters. The van der Waals surface area contributed by atoms with Gasteiger partial charge in [0.05, 0.1) is 6.04 Å². The van der Waals surface area contributed by atoms with Gasteiger partial charge in [-0.3, -0.25) is 4.79 Å². The summed E-state index contributed by atoms with van der Waals surface area (Å²) in [5, 5.41) is 3.40. The lowest BCUT2D eigenvalue weighted by molar-refractivity contribution is -0.135. The number of hydrogen-bond donors (Lipinski definition) is 1. The zero-order valence-electron chi connectivity index (χ0n) is 12.8. The topological polar surface area (TPSA) is 35.6 Å². The third-order valence-corrected chi connectivity index (χ3v) is 4.75. The summed E-state index contributed by atoms with van der Waals surface area (Å²) in [6.45, 7) is 6.69. The molecule has 0 radical (unpaired) electrons. The van der Waals surface area contributed by atoms with Gasteiger partial charge in [-0.2, -0.15) is 0 Å². The maximum atomic E-state index is 12.7. The molecule has 2 atom stereocenters. The number of para-hydroxylation sites is 1. The average Bonchev–Trinajstić information content (AvgIpc) is 2.56. The van der Waals surface area contributed by atoms with Crippen LogP contribution >= 0.6 is 0 Å². The largest absolute Gasteiger partial charge is 0.368 e. The van der Waals surface area contributed by atoms with E-state index in [1.54, 1.807) is 0 Å². The molecular weight excluding hydrogens is 262 g/mol. The highest BCUT2D eigenvalue weighted by molar-refractivity contribution is 5.82. The summed E-state index contributed by atoms with van der Waals surface area (Å²) in [5.74, 6) is 0.758. The van der Waals surface area contributed by atoms with Crippen molar-refractivity contribution in [1.29, 1.82) is 0 Å². The molecule has 1 amide bonds. The summed E-state index contributed by atoms with van der Waals surface area (Å²) >= 11 is 0. The number of hydrogen-bond acceptors (Lipinski definition) is 3. The zero-order valence-corrected chi connectivity index (χ0v) is 12.8. The normalized spacial score (nSPS) is 26.7. The molecule has 21 heavy (non-hydrogen) atoms. The Labute approximate surface area is 127 Å². The average molecular weight is 287 g/mol. The summed E-state index contributed by atoms with van der Waals surface area (Å²) in [6, 6.07) is 10.5. The minimum atomic E-state index is 0.0297. The lowest BCUT2D eigenvalue weighted by Gasteiger charge is -2.39. The van der Waals surface area contributed by atoms with Crippen molar-refractivity contribution < 1.29 is 4.79 Å². The van der Waals surface area contributed by atoms with Crippen molar-refractivity contribution in [1.82, 2.24) is 10.2 Å². The van der Waals surface area contributed by atoms with Gasteiger partial charge in [-0.05, 0) is 37.4 Å². The van der Waals surface area contributed by atoms with Gasteiger partial charge >= 0.3 is 0 Å². The highest BCUT2D eigenvalue weighted by Gasteiger charge is 2.32. The minimum absolute atomic E-state index is 0.0297. The fraction of sp³-hybridized carbons (Fsp3) is 0.588. The Balaban J connectivity index is 1.57. The Hall–Kier alpha value is -1.55. The van der Waals surface area contributed by atoms with Gasteiger partial charge in [0.1, 0.15) is 0 Å². The van der Waals surface area contributed by atoms with E-state index >= 15 is 0 Å². The van der Waals surface area contributed by atoms with Crippen molar-refractivity contribution in [2.24, 2.45) is 5.92 Å². The molecule has 0 aromatic heterocycles. The smallest absolute Gasteiger partial charge is 0.240 e. The molecule has 0 aliphatic carbocycles. The Morgan fingerprint density at radius 1 is 1.14 bits per heavy atom. The first kappa shape index (κ1) is 14.4. The number of amides is 1. The van der Waals surface area contributed by atoms with Crippen LogP contribution in [0.15, 0.2) is 30.3 Å². The predicted octanol–water partition coefficient (Wildman–Crippen LogP) is 1.72. The van der Waals surface area contributed by atoms with Crippen LogP contribution in [0.5, 0.6) is 0 Å². The molecule has 1 aromatic carbocycles. The van der Waals surface area contributed by atoms with Crippen molar-refractivity contribution in [3.05, 3.63) is 30.3 Å². The summed E-state index contributed by atoms with van der Waals surface area (Å²) in [4.78, 5) is 17.1. The van der Waals surface area contributed by atoms with Gasteiger partial charge < -0.3 is 15.1 Å². The van der Waals surface area contributed by atoms with Crippen LogP contribution in [-0.4, -0.2) is 49.6 Å². The number of anilines is 1. The fourth-order valence-electron chi connectivity index (χ4n) is 3.40. The Bertz CT molecular complexity index is 468. The van der Waals surface area contributed by atoms with Crippen molar-refractivity contribution >= 4 is 11.6 Å². The Morgan fingerprint density at radius 2 is 1.86 bits per heavy atom. The van der Waals surface area contributed by atoms with Crippen molar-refractivity contribution in [2.45, 2.75) is 25.8 Å². The summed E-state index contributed by atoms with van der Waals surface area (Å²) in [6.07, 6.45) is 2.35. The second-order valence-corrected chi connectivity index (χ2v) is 6.20. The monoisotopic (exact) mass is 287 g/mol. The molecule has 0 saturated carbocycles. The number of carbonyl (C=O) groups excluding carboxylic acids is 1. The number of rotatable bonds is 2. The zero-order chi connectivity index (χ0) is 14.7. The quantitative estimate of drug-likeness (QED) is 0.900. The van der Waals surface area contributed by atoms with E-state index in [9.17, 15) is 4.79 Å². The van der Waals surface area contributed by atoms with Crippen LogP contribution in [-0.2, 0) is 4.79 Å². The van der Waals surface area contributed by atoms with Gasteiger partial charge in [-0.15, -0.1) is 0 Å². The third kappa shape index (κ3) is 3.21. The fourth-order valence-corrected chi connectivity index (χ4v) is 3.40. The maximum Gasteiger partial charge on any atom is 0.240 e. The van der Waals surface area contributed by atoms with E-state index < -0.39 is 0 Å². The molecule has 2 saturated heterocycles. The predicted molar refractivity (Wildman–Crippen MR) is 85.4 cm³/mol. The standard InChI is InChI=1S/C17H25N3O/c1-14-6-5-9-18-16(14)17(21)20-12-10-19(11-13-20)15-7-3-2-4-8-15/h2-4,7-8,14,16,18H,5-6,9-13H2,1H3. The first-order valence-corrected chi connectivity index (χ1v) is 8.08. The van der Waals surface area contributed by atoms with E-state index in [4.69, 9.17) is 0 Å². The molecule has 1 aromatic rings.